The summed E-state index contributed by atoms with van der Waals surface area (Å²) in [7, 11) is 1.41. The molecule has 0 N–H and O–H groups in total. The number of methoxy groups -OCH3 is 1. The molecule has 0 aliphatic heterocycles. The Morgan fingerprint density at radius 1 is 1.46 bits per heavy atom. The highest BCUT2D eigenvalue weighted by Crippen LogP contribution is 2.23. The van der Waals surface area contributed by atoms with Crippen molar-refractivity contribution in [3.8, 4) is 0 Å². The topological polar surface area (TPSA) is 26.3 Å². The summed E-state index contributed by atoms with van der Waals surface area (Å²) in [5.41, 5.74) is 2.89. The lowest BCUT2D eigenvalue weighted by Gasteiger charge is -2.05. The monoisotopic (exact) mass is 174 g/mol. The third-order valence-electron chi connectivity index (χ3n) is 2.24. The fourth-order valence-corrected chi connectivity index (χ4v) is 1.59. The zero-order chi connectivity index (χ0) is 9.26. The lowest BCUT2D eigenvalue weighted by Crippen LogP contribution is -2.05. The summed E-state index contributed by atoms with van der Waals surface area (Å²) in [5, 5.41) is 0. The van der Waals surface area contributed by atoms with Crippen molar-refractivity contribution in [2.24, 2.45) is 0 Å². The third-order valence-corrected chi connectivity index (χ3v) is 2.24. The lowest BCUT2D eigenvalue weighted by atomic mass is 10.0. The number of carbonyl (C=O) groups excluding carboxylic acids is 1. The molecule has 0 saturated heterocycles. The lowest BCUT2D eigenvalue weighted by molar-refractivity contribution is 0.0599. The smallest absolute Gasteiger partial charge is 0.338 e. The van der Waals surface area contributed by atoms with Crippen molar-refractivity contribution >= 4 is 12.0 Å². The molecule has 0 saturated carbocycles. The van der Waals surface area contributed by atoms with Gasteiger partial charge in [-0.3, -0.25) is 0 Å². The Labute approximate surface area is 76.8 Å². The van der Waals surface area contributed by atoms with E-state index in [9.17, 15) is 4.79 Å². The Bertz CT molecular complexity index is 378. The molecule has 1 aromatic carbocycles. The first-order valence-electron chi connectivity index (χ1n) is 4.19. The molecule has 13 heavy (non-hydrogen) atoms. The molecule has 0 unspecified atom stereocenters. The molecule has 66 valence electrons. The van der Waals surface area contributed by atoms with Crippen LogP contribution < -0.4 is 0 Å². The van der Waals surface area contributed by atoms with E-state index < -0.39 is 0 Å². The van der Waals surface area contributed by atoms with Gasteiger partial charge in [-0.2, -0.15) is 0 Å². The molecule has 1 aliphatic carbocycles. The number of benzene rings is 1. The molecule has 2 nitrogen and oxygen atoms in total. The van der Waals surface area contributed by atoms with Crippen LogP contribution >= 0.6 is 0 Å². The second-order valence-corrected chi connectivity index (χ2v) is 2.97. The average molecular weight is 174 g/mol. The number of hydrogen-bond acceptors (Lipinski definition) is 2. The van der Waals surface area contributed by atoms with E-state index in [1.165, 1.54) is 7.11 Å². The highest BCUT2D eigenvalue weighted by atomic mass is 16.5. The Morgan fingerprint density at radius 2 is 2.31 bits per heavy atom. The standard InChI is InChI=1S/C11H10O2/c1-13-11(12)10-7-3-5-8-4-2-6-9(8)10/h2-5,7H,6H2,1H3. The first kappa shape index (κ1) is 8.05. The summed E-state index contributed by atoms with van der Waals surface area (Å²) in [5.74, 6) is -0.249. The molecule has 0 aromatic heterocycles. The minimum absolute atomic E-state index is 0.249. The fourth-order valence-electron chi connectivity index (χ4n) is 1.59. The van der Waals surface area contributed by atoms with Gasteiger partial charge >= 0.3 is 5.97 Å². The molecule has 0 radical (unpaired) electrons. The van der Waals surface area contributed by atoms with Crippen LogP contribution in [0.5, 0.6) is 0 Å². The summed E-state index contributed by atoms with van der Waals surface area (Å²) in [4.78, 5) is 11.3. The number of fused-ring (bicyclic) bond motifs is 1. The summed E-state index contributed by atoms with van der Waals surface area (Å²) < 4.78 is 4.69. The Hall–Kier alpha value is -1.57. The van der Waals surface area contributed by atoms with Crippen LogP contribution in [0.25, 0.3) is 6.08 Å². The number of ether oxygens (including phenoxy) is 1. The molecule has 1 aliphatic rings. The van der Waals surface area contributed by atoms with Crippen molar-refractivity contribution in [1.29, 1.82) is 0 Å². The molecule has 2 rings (SSSR count). The van der Waals surface area contributed by atoms with Crippen molar-refractivity contribution in [3.63, 3.8) is 0 Å². The second-order valence-electron chi connectivity index (χ2n) is 2.97. The van der Waals surface area contributed by atoms with E-state index in [4.69, 9.17) is 4.74 Å². The molecule has 2 heteroatoms. The molecular formula is C11H10O2. The Balaban J connectivity index is 2.50. The van der Waals surface area contributed by atoms with Crippen LogP contribution in [0.15, 0.2) is 24.3 Å². The summed E-state index contributed by atoms with van der Waals surface area (Å²) in [6.07, 6.45) is 4.92. The van der Waals surface area contributed by atoms with Gasteiger partial charge in [0.2, 0.25) is 0 Å². The minimum Gasteiger partial charge on any atom is -0.465 e. The largest absolute Gasteiger partial charge is 0.465 e. The van der Waals surface area contributed by atoms with Crippen LogP contribution in [0.2, 0.25) is 0 Å². The number of hydrogen-bond donors (Lipinski definition) is 0. The molecule has 0 fully saturated rings. The molecule has 0 amide bonds. The zero-order valence-corrected chi connectivity index (χ0v) is 7.41. The van der Waals surface area contributed by atoms with E-state index in [-0.39, 0.29) is 5.97 Å². The normalized spacial score (nSPS) is 12.7. The molecule has 0 atom stereocenters. The van der Waals surface area contributed by atoms with Gasteiger partial charge in [0.25, 0.3) is 0 Å². The van der Waals surface area contributed by atoms with Gasteiger partial charge in [0.05, 0.1) is 12.7 Å². The van der Waals surface area contributed by atoms with Crippen molar-refractivity contribution in [2.75, 3.05) is 7.11 Å². The molecule has 0 bridgehead atoms. The molecule has 1 aromatic rings. The van der Waals surface area contributed by atoms with Crippen molar-refractivity contribution in [2.45, 2.75) is 6.42 Å². The first-order valence-corrected chi connectivity index (χ1v) is 4.19. The second kappa shape index (κ2) is 3.05. The van der Waals surface area contributed by atoms with E-state index in [0.717, 1.165) is 17.5 Å². The SMILES string of the molecule is COC(=O)c1cccc2c1CC=C2. The summed E-state index contributed by atoms with van der Waals surface area (Å²) >= 11 is 0. The van der Waals surface area contributed by atoms with Crippen molar-refractivity contribution < 1.29 is 9.53 Å². The van der Waals surface area contributed by atoms with Gasteiger partial charge in [-0.25, -0.2) is 4.79 Å². The van der Waals surface area contributed by atoms with Crippen LogP contribution in [0.1, 0.15) is 21.5 Å². The predicted octanol–water partition coefficient (Wildman–Crippen LogP) is 2.04. The zero-order valence-electron chi connectivity index (χ0n) is 7.41. The number of allylic oxidation sites excluding steroid dienone is 1. The quantitative estimate of drug-likeness (QED) is 0.609. The number of carbonyl (C=O) groups is 1. The Kier molecular flexibility index (Phi) is 1.89. The first-order chi connectivity index (χ1) is 6.33. The Morgan fingerprint density at radius 3 is 3.08 bits per heavy atom. The van der Waals surface area contributed by atoms with E-state index in [1.54, 1.807) is 6.07 Å². The average Bonchev–Trinajstić information content (AvgIpc) is 2.63. The highest BCUT2D eigenvalue weighted by molar-refractivity contribution is 5.92. The van der Waals surface area contributed by atoms with Gasteiger partial charge in [0, 0.05) is 0 Å². The van der Waals surface area contributed by atoms with Gasteiger partial charge in [0.1, 0.15) is 0 Å². The van der Waals surface area contributed by atoms with Gasteiger partial charge in [-0.1, -0.05) is 24.3 Å². The van der Waals surface area contributed by atoms with Gasteiger partial charge < -0.3 is 4.74 Å². The highest BCUT2D eigenvalue weighted by Gasteiger charge is 2.15. The van der Waals surface area contributed by atoms with Crippen LogP contribution in [0.4, 0.5) is 0 Å². The van der Waals surface area contributed by atoms with E-state index in [1.807, 2.05) is 18.2 Å². The van der Waals surface area contributed by atoms with Crippen LogP contribution in [0, 0.1) is 0 Å². The number of rotatable bonds is 1. The third kappa shape index (κ3) is 1.24. The van der Waals surface area contributed by atoms with Gasteiger partial charge in [-0.15, -0.1) is 0 Å². The fraction of sp³-hybridized carbons (Fsp3) is 0.182. The van der Waals surface area contributed by atoms with Gasteiger partial charge in [-0.05, 0) is 23.6 Å². The number of esters is 1. The van der Waals surface area contributed by atoms with E-state index >= 15 is 0 Å². The summed E-state index contributed by atoms with van der Waals surface area (Å²) in [6.45, 7) is 0. The van der Waals surface area contributed by atoms with Crippen LogP contribution in [-0.2, 0) is 11.2 Å². The van der Waals surface area contributed by atoms with Crippen LogP contribution in [0.3, 0.4) is 0 Å². The maximum Gasteiger partial charge on any atom is 0.338 e. The van der Waals surface area contributed by atoms with Crippen molar-refractivity contribution in [3.05, 3.63) is 41.0 Å². The molecule has 0 heterocycles. The van der Waals surface area contributed by atoms with E-state index in [2.05, 4.69) is 6.08 Å². The minimum atomic E-state index is -0.249. The van der Waals surface area contributed by atoms with E-state index in [0.29, 0.717) is 5.56 Å². The molecular weight excluding hydrogens is 164 g/mol. The summed E-state index contributed by atoms with van der Waals surface area (Å²) in [6, 6.07) is 5.68. The predicted molar refractivity (Wildman–Crippen MR) is 50.5 cm³/mol. The van der Waals surface area contributed by atoms with Crippen molar-refractivity contribution in [1.82, 2.24) is 0 Å². The van der Waals surface area contributed by atoms with Crippen LogP contribution in [-0.4, -0.2) is 13.1 Å². The molecule has 0 spiro atoms. The maximum atomic E-state index is 11.3. The van der Waals surface area contributed by atoms with Gasteiger partial charge in [0.15, 0.2) is 0 Å². The maximum absolute atomic E-state index is 11.3.